The zero-order valence-corrected chi connectivity index (χ0v) is 11.4. The van der Waals surface area contributed by atoms with Crippen LogP contribution in [0.3, 0.4) is 0 Å². The molecular weight excluding hydrogens is 291 g/mol. The zero-order valence-electron chi connectivity index (χ0n) is 9.08. The summed E-state index contributed by atoms with van der Waals surface area (Å²) in [4.78, 5) is 10.4. The minimum Gasteiger partial charge on any atom is -0.367 e. The summed E-state index contributed by atoms with van der Waals surface area (Å²) in [7, 11) is 2.15. The third kappa shape index (κ3) is 2.64. The molecule has 1 aliphatic rings. The summed E-state index contributed by atoms with van der Waals surface area (Å²) < 4.78 is 0.734. The molecule has 1 aromatic rings. The molecule has 0 radical (unpaired) electrons. The maximum Gasteiger partial charge on any atom is 0.148 e. The highest BCUT2D eigenvalue weighted by Gasteiger charge is 2.20. The molecule has 2 heterocycles. The number of hydrogen-bond acceptors (Lipinski definition) is 4. The third-order valence-electron chi connectivity index (χ3n) is 2.92. The summed E-state index contributed by atoms with van der Waals surface area (Å²) in [6, 6.07) is 0.584. The van der Waals surface area contributed by atoms with Gasteiger partial charge in [-0.3, -0.25) is 0 Å². The molecule has 0 amide bonds. The minimum atomic E-state index is 0.442. The zero-order chi connectivity index (χ0) is 11.5. The Kier molecular flexibility index (Phi) is 4.00. The Balaban J connectivity index is 1.96. The van der Waals surface area contributed by atoms with Crippen LogP contribution in [0.1, 0.15) is 12.8 Å². The number of aromatic nitrogens is 2. The van der Waals surface area contributed by atoms with Crippen LogP contribution >= 0.6 is 27.5 Å². The SMILES string of the molecule is CN1CCCC1CNc1ncnc(Cl)c1Br. The average molecular weight is 306 g/mol. The highest BCUT2D eigenvalue weighted by atomic mass is 79.9. The Hall–Kier alpha value is -0.390. The monoisotopic (exact) mass is 304 g/mol. The van der Waals surface area contributed by atoms with Crippen molar-refractivity contribution in [2.75, 3.05) is 25.5 Å². The van der Waals surface area contributed by atoms with Gasteiger partial charge in [-0.15, -0.1) is 0 Å². The van der Waals surface area contributed by atoms with Crippen LogP contribution in [0.15, 0.2) is 10.8 Å². The van der Waals surface area contributed by atoms with Gasteiger partial charge in [-0.05, 0) is 42.4 Å². The molecule has 1 aliphatic heterocycles. The number of hydrogen-bond donors (Lipinski definition) is 1. The lowest BCUT2D eigenvalue weighted by atomic mass is 10.2. The van der Waals surface area contributed by atoms with Gasteiger partial charge in [-0.1, -0.05) is 11.6 Å². The Morgan fingerprint density at radius 2 is 2.44 bits per heavy atom. The van der Waals surface area contributed by atoms with E-state index in [-0.39, 0.29) is 0 Å². The van der Waals surface area contributed by atoms with Crippen molar-refractivity contribution >= 4 is 33.3 Å². The molecule has 0 aliphatic carbocycles. The summed E-state index contributed by atoms with van der Waals surface area (Å²) in [5.41, 5.74) is 0. The van der Waals surface area contributed by atoms with Crippen molar-refractivity contribution in [1.82, 2.24) is 14.9 Å². The van der Waals surface area contributed by atoms with E-state index in [1.807, 2.05) is 0 Å². The number of likely N-dealkylation sites (tertiary alicyclic amines) is 1. The molecule has 1 aromatic heterocycles. The highest BCUT2D eigenvalue weighted by molar-refractivity contribution is 9.10. The molecule has 1 N–H and O–H groups in total. The second-order valence-corrected chi connectivity index (χ2v) is 5.14. The van der Waals surface area contributed by atoms with Crippen LogP contribution in [0, 0.1) is 0 Å². The van der Waals surface area contributed by atoms with Gasteiger partial charge in [0.05, 0.1) is 4.47 Å². The van der Waals surface area contributed by atoms with E-state index in [2.05, 4.69) is 43.2 Å². The maximum atomic E-state index is 5.89. The van der Waals surface area contributed by atoms with Crippen LogP contribution in [0.25, 0.3) is 0 Å². The smallest absolute Gasteiger partial charge is 0.148 e. The Bertz CT molecular complexity index is 374. The lowest BCUT2D eigenvalue weighted by Crippen LogP contribution is -2.31. The molecule has 1 fully saturated rings. The Labute approximate surface area is 109 Å². The number of nitrogens with zero attached hydrogens (tertiary/aromatic N) is 3. The highest BCUT2D eigenvalue weighted by Crippen LogP contribution is 2.26. The largest absolute Gasteiger partial charge is 0.367 e. The molecule has 16 heavy (non-hydrogen) atoms. The van der Waals surface area contributed by atoms with Gasteiger partial charge in [-0.25, -0.2) is 9.97 Å². The van der Waals surface area contributed by atoms with Gasteiger partial charge in [0.1, 0.15) is 17.3 Å². The van der Waals surface area contributed by atoms with Crippen molar-refractivity contribution < 1.29 is 0 Å². The van der Waals surface area contributed by atoms with Crippen molar-refractivity contribution in [1.29, 1.82) is 0 Å². The number of likely N-dealkylation sites (N-methyl/N-ethyl adjacent to an activating group) is 1. The van der Waals surface area contributed by atoms with Crippen molar-refractivity contribution in [3.05, 3.63) is 16.0 Å². The van der Waals surface area contributed by atoms with Gasteiger partial charge in [0.2, 0.25) is 0 Å². The summed E-state index contributed by atoms with van der Waals surface area (Å²) in [6.45, 7) is 2.07. The minimum absolute atomic E-state index is 0.442. The van der Waals surface area contributed by atoms with Crippen LogP contribution in [-0.4, -0.2) is 41.0 Å². The Morgan fingerprint density at radius 1 is 1.62 bits per heavy atom. The first-order chi connectivity index (χ1) is 7.68. The first-order valence-electron chi connectivity index (χ1n) is 5.28. The van der Waals surface area contributed by atoms with Crippen LogP contribution in [0.5, 0.6) is 0 Å². The van der Waals surface area contributed by atoms with Gasteiger partial charge in [0.25, 0.3) is 0 Å². The molecule has 1 atom stereocenters. The Morgan fingerprint density at radius 3 is 3.12 bits per heavy atom. The van der Waals surface area contributed by atoms with Crippen molar-refractivity contribution in [3.63, 3.8) is 0 Å². The van der Waals surface area contributed by atoms with E-state index in [0.717, 1.165) is 16.8 Å². The summed E-state index contributed by atoms with van der Waals surface area (Å²) in [6.07, 6.45) is 3.97. The fourth-order valence-corrected chi connectivity index (χ4v) is 2.40. The van der Waals surface area contributed by atoms with Gasteiger partial charge < -0.3 is 10.2 Å². The van der Waals surface area contributed by atoms with Crippen molar-refractivity contribution in [2.45, 2.75) is 18.9 Å². The lowest BCUT2D eigenvalue weighted by Gasteiger charge is -2.20. The summed E-state index contributed by atoms with van der Waals surface area (Å²) in [5.74, 6) is 0.764. The molecule has 0 bridgehead atoms. The van der Waals surface area contributed by atoms with E-state index in [4.69, 9.17) is 11.6 Å². The predicted molar refractivity (Wildman–Crippen MR) is 68.9 cm³/mol. The normalized spacial score (nSPS) is 21.3. The first-order valence-corrected chi connectivity index (χ1v) is 6.45. The fraction of sp³-hybridized carbons (Fsp3) is 0.600. The van der Waals surface area contributed by atoms with E-state index in [1.165, 1.54) is 25.7 Å². The number of rotatable bonds is 3. The standard InChI is InChI=1S/C10H14BrClN4/c1-16-4-2-3-7(16)5-13-10-8(11)9(12)14-6-15-10/h6-7H,2-5H2,1H3,(H,13,14,15). The van der Waals surface area contributed by atoms with Crippen molar-refractivity contribution in [3.8, 4) is 0 Å². The van der Waals surface area contributed by atoms with E-state index in [1.54, 1.807) is 0 Å². The molecule has 2 rings (SSSR count). The third-order valence-corrected chi connectivity index (χ3v) is 4.19. The topological polar surface area (TPSA) is 41.0 Å². The van der Waals surface area contributed by atoms with Crippen LogP contribution in [0.4, 0.5) is 5.82 Å². The predicted octanol–water partition coefficient (Wildman–Crippen LogP) is 2.40. The molecule has 1 saturated heterocycles. The van der Waals surface area contributed by atoms with E-state index in [0.29, 0.717) is 11.2 Å². The lowest BCUT2D eigenvalue weighted by molar-refractivity contribution is 0.322. The quantitative estimate of drug-likeness (QED) is 0.871. The van der Waals surface area contributed by atoms with Crippen molar-refractivity contribution in [2.24, 2.45) is 0 Å². The summed E-state index contributed by atoms with van der Waals surface area (Å²) >= 11 is 9.26. The van der Waals surface area contributed by atoms with Crippen LogP contribution < -0.4 is 5.32 Å². The molecule has 0 spiro atoms. The van der Waals surface area contributed by atoms with Gasteiger partial charge in [0, 0.05) is 12.6 Å². The second kappa shape index (κ2) is 5.29. The first kappa shape index (κ1) is 12.1. The van der Waals surface area contributed by atoms with E-state index < -0.39 is 0 Å². The van der Waals surface area contributed by atoms with E-state index in [9.17, 15) is 0 Å². The molecule has 4 nitrogen and oxygen atoms in total. The van der Waals surface area contributed by atoms with Gasteiger partial charge in [0.15, 0.2) is 0 Å². The molecular formula is C10H14BrClN4. The van der Waals surface area contributed by atoms with Gasteiger partial charge >= 0.3 is 0 Å². The van der Waals surface area contributed by atoms with Gasteiger partial charge in [-0.2, -0.15) is 0 Å². The molecule has 0 saturated carbocycles. The number of halogens is 2. The van der Waals surface area contributed by atoms with E-state index >= 15 is 0 Å². The fourth-order valence-electron chi connectivity index (χ4n) is 1.92. The maximum absolute atomic E-state index is 5.89. The molecule has 0 aromatic carbocycles. The molecule has 1 unspecified atom stereocenters. The number of nitrogens with one attached hydrogen (secondary N) is 1. The molecule has 88 valence electrons. The van der Waals surface area contributed by atoms with Crippen LogP contribution in [-0.2, 0) is 0 Å². The second-order valence-electron chi connectivity index (χ2n) is 3.98. The van der Waals surface area contributed by atoms with Crippen LogP contribution in [0.2, 0.25) is 5.15 Å². The number of anilines is 1. The summed E-state index contributed by atoms with van der Waals surface area (Å²) in [5, 5.41) is 3.74. The average Bonchev–Trinajstić information content (AvgIpc) is 2.67. The molecule has 6 heteroatoms.